The van der Waals surface area contributed by atoms with Gasteiger partial charge in [0, 0.05) is 29.5 Å². The smallest absolute Gasteiger partial charge is 0.160 e. The number of fused-ring (bicyclic) bond motifs is 1. The number of hydrogen-bond acceptors (Lipinski definition) is 4. The molecule has 4 nitrogen and oxygen atoms in total. The summed E-state index contributed by atoms with van der Waals surface area (Å²) in [6.07, 6.45) is 3.82. The van der Waals surface area contributed by atoms with E-state index in [-0.39, 0.29) is 5.75 Å². The van der Waals surface area contributed by atoms with E-state index in [0.717, 1.165) is 22.3 Å². The van der Waals surface area contributed by atoms with Crippen molar-refractivity contribution in [3.63, 3.8) is 0 Å². The summed E-state index contributed by atoms with van der Waals surface area (Å²) in [7, 11) is 1.53. The van der Waals surface area contributed by atoms with E-state index in [2.05, 4.69) is 10.3 Å². The second-order valence-electron chi connectivity index (χ2n) is 5.26. The van der Waals surface area contributed by atoms with Gasteiger partial charge in [0.25, 0.3) is 0 Å². The number of ether oxygens (including phenoxy) is 1. The Balaban J connectivity index is 1.73. The van der Waals surface area contributed by atoms with Crippen molar-refractivity contribution in [2.24, 2.45) is 4.99 Å². The van der Waals surface area contributed by atoms with Crippen molar-refractivity contribution >= 4 is 23.4 Å². The normalized spacial score (nSPS) is 14.6. The Labute approximate surface area is 140 Å². The topological polar surface area (TPSA) is 53.8 Å². The van der Waals surface area contributed by atoms with Crippen LogP contribution < -0.4 is 10.1 Å². The zero-order valence-electron chi connectivity index (χ0n) is 12.7. The van der Waals surface area contributed by atoms with E-state index in [1.165, 1.54) is 7.11 Å². The maximum atomic E-state index is 9.80. The standard InChI is InChI=1S/C18H17ClN2O2/c1-23-18-5-2-12(6-17(18)22)8-20-10-14-11-21-9-13-3-4-15(19)7-16(13)14/h2-7,9-10,20,22H,8,11H2,1H3/b14-10+. The van der Waals surface area contributed by atoms with Crippen molar-refractivity contribution in [2.75, 3.05) is 13.7 Å². The van der Waals surface area contributed by atoms with Crippen LogP contribution in [0.5, 0.6) is 11.5 Å². The predicted octanol–water partition coefficient (Wildman–Crippen LogP) is 3.62. The van der Waals surface area contributed by atoms with Crippen LogP contribution in [0.2, 0.25) is 5.02 Å². The Hall–Kier alpha value is -2.46. The first-order chi connectivity index (χ1) is 11.2. The van der Waals surface area contributed by atoms with Crippen molar-refractivity contribution in [1.82, 2.24) is 5.32 Å². The minimum Gasteiger partial charge on any atom is -0.504 e. The molecule has 0 aromatic heterocycles. The highest BCUT2D eigenvalue weighted by Crippen LogP contribution is 2.27. The number of benzene rings is 2. The summed E-state index contributed by atoms with van der Waals surface area (Å²) >= 11 is 6.09. The number of methoxy groups -OCH3 is 1. The van der Waals surface area contributed by atoms with Crippen LogP contribution in [-0.4, -0.2) is 25.0 Å². The van der Waals surface area contributed by atoms with E-state index in [1.54, 1.807) is 12.1 Å². The van der Waals surface area contributed by atoms with Gasteiger partial charge in [-0.05, 0) is 41.0 Å². The number of nitrogens with zero attached hydrogens (tertiary/aromatic N) is 1. The highest BCUT2D eigenvalue weighted by atomic mass is 35.5. The molecule has 0 radical (unpaired) electrons. The van der Waals surface area contributed by atoms with E-state index in [0.29, 0.717) is 23.9 Å². The summed E-state index contributed by atoms with van der Waals surface area (Å²) in [4.78, 5) is 4.36. The molecule has 3 rings (SSSR count). The van der Waals surface area contributed by atoms with Gasteiger partial charge in [0.2, 0.25) is 0 Å². The zero-order chi connectivity index (χ0) is 16.2. The quantitative estimate of drug-likeness (QED) is 0.901. The maximum absolute atomic E-state index is 9.80. The summed E-state index contributed by atoms with van der Waals surface area (Å²) in [5.74, 6) is 0.608. The van der Waals surface area contributed by atoms with Gasteiger partial charge in [-0.15, -0.1) is 0 Å². The molecule has 0 bridgehead atoms. The molecule has 5 heteroatoms. The second kappa shape index (κ2) is 6.75. The third kappa shape index (κ3) is 3.48. The van der Waals surface area contributed by atoms with Gasteiger partial charge in [-0.1, -0.05) is 23.7 Å². The van der Waals surface area contributed by atoms with Crippen LogP contribution in [0.4, 0.5) is 0 Å². The Morgan fingerprint density at radius 2 is 2.17 bits per heavy atom. The zero-order valence-corrected chi connectivity index (χ0v) is 13.5. The highest BCUT2D eigenvalue weighted by molar-refractivity contribution is 6.30. The van der Waals surface area contributed by atoms with Gasteiger partial charge in [0.05, 0.1) is 13.7 Å². The Kier molecular flexibility index (Phi) is 4.53. The highest BCUT2D eigenvalue weighted by Gasteiger charge is 2.11. The minimum absolute atomic E-state index is 0.138. The molecule has 2 aromatic rings. The van der Waals surface area contributed by atoms with Crippen LogP contribution in [0, 0.1) is 0 Å². The molecule has 0 amide bonds. The number of halogens is 1. The van der Waals surface area contributed by atoms with Crippen LogP contribution in [-0.2, 0) is 6.54 Å². The molecule has 1 aliphatic rings. The third-order valence-corrected chi connectivity index (χ3v) is 3.91. The summed E-state index contributed by atoms with van der Waals surface area (Å²) in [6, 6.07) is 11.1. The second-order valence-corrected chi connectivity index (χ2v) is 5.69. The molecule has 23 heavy (non-hydrogen) atoms. The van der Waals surface area contributed by atoms with E-state index in [4.69, 9.17) is 16.3 Å². The Morgan fingerprint density at radius 3 is 2.96 bits per heavy atom. The molecular weight excluding hydrogens is 312 g/mol. The fraction of sp³-hybridized carbons (Fsp3) is 0.167. The van der Waals surface area contributed by atoms with Crippen LogP contribution in [0.1, 0.15) is 16.7 Å². The number of hydrogen-bond donors (Lipinski definition) is 2. The first kappa shape index (κ1) is 15.4. The largest absolute Gasteiger partial charge is 0.504 e. The van der Waals surface area contributed by atoms with Crippen LogP contribution >= 0.6 is 11.6 Å². The van der Waals surface area contributed by atoms with Gasteiger partial charge in [0.1, 0.15) is 0 Å². The molecule has 0 atom stereocenters. The molecule has 0 fully saturated rings. The lowest BCUT2D eigenvalue weighted by atomic mass is 9.99. The average Bonchev–Trinajstić information content (AvgIpc) is 2.55. The van der Waals surface area contributed by atoms with E-state index >= 15 is 0 Å². The molecule has 1 aliphatic heterocycles. The number of phenolic OH excluding ortho intramolecular Hbond substituents is 1. The lowest BCUT2D eigenvalue weighted by Crippen LogP contribution is -2.09. The lowest BCUT2D eigenvalue weighted by Gasteiger charge is -2.14. The van der Waals surface area contributed by atoms with Gasteiger partial charge in [0.15, 0.2) is 11.5 Å². The monoisotopic (exact) mass is 328 g/mol. The van der Waals surface area contributed by atoms with Crippen molar-refractivity contribution in [1.29, 1.82) is 0 Å². The van der Waals surface area contributed by atoms with Gasteiger partial charge in [-0.2, -0.15) is 0 Å². The van der Waals surface area contributed by atoms with Crippen molar-refractivity contribution in [3.05, 3.63) is 64.3 Å². The summed E-state index contributed by atoms with van der Waals surface area (Å²) in [5, 5.41) is 13.8. The molecular formula is C18H17ClN2O2. The Morgan fingerprint density at radius 1 is 1.30 bits per heavy atom. The number of rotatable bonds is 4. The molecule has 0 saturated heterocycles. The Bertz CT molecular complexity index is 785. The molecule has 0 saturated carbocycles. The molecule has 0 aliphatic carbocycles. The van der Waals surface area contributed by atoms with Crippen molar-refractivity contribution in [2.45, 2.75) is 6.54 Å². The van der Waals surface area contributed by atoms with Crippen molar-refractivity contribution in [3.8, 4) is 11.5 Å². The summed E-state index contributed by atoms with van der Waals surface area (Å²) in [6.45, 7) is 1.22. The fourth-order valence-corrected chi connectivity index (χ4v) is 2.68. The average molecular weight is 329 g/mol. The van der Waals surface area contributed by atoms with Crippen LogP contribution in [0.3, 0.4) is 0 Å². The predicted molar refractivity (Wildman–Crippen MR) is 93.4 cm³/mol. The van der Waals surface area contributed by atoms with Gasteiger partial charge >= 0.3 is 0 Å². The van der Waals surface area contributed by atoms with Crippen molar-refractivity contribution < 1.29 is 9.84 Å². The summed E-state index contributed by atoms with van der Waals surface area (Å²) in [5.41, 5.74) is 4.21. The molecule has 2 N–H and O–H groups in total. The maximum Gasteiger partial charge on any atom is 0.160 e. The minimum atomic E-state index is 0.138. The van der Waals surface area contributed by atoms with E-state index in [9.17, 15) is 5.11 Å². The van der Waals surface area contributed by atoms with E-state index < -0.39 is 0 Å². The molecule has 1 heterocycles. The molecule has 0 spiro atoms. The summed E-state index contributed by atoms with van der Waals surface area (Å²) < 4.78 is 5.04. The molecule has 118 valence electrons. The third-order valence-electron chi connectivity index (χ3n) is 3.68. The van der Waals surface area contributed by atoms with Gasteiger partial charge in [-0.25, -0.2) is 0 Å². The van der Waals surface area contributed by atoms with Gasteiger partial charge in [-0.3, -0.25) is 4.99 Å². The lowest BCUT2D eigenvalue weighted by molar-refractivity contribution is 0.373. The first-order valence-electron chi connectivity index (χ1n) is 7.25. The van der Waals surface area contributed by atoms with Crippen LogP contribution in [0.15, 0.2) is 47.6 Å². The molecule has 0 unspecified atom stereocenters. The number of aromatic hydroxyl groups is 1. The number of nitrogens with one attached hydrogen (secondary N) is 1. The van der Waals surface area contributed by atoms with Crippen LogP contribution in [0.25, 0.3) is 5.57 Å². The van der Waals surface area contributed by atoms with Gasteiger partial charge < -0.3 is 15.2 Å². The number of aliphatic imine (C=N–C) groups is 1. The first-order valence-corrected chi connectivity index (χ1v) is 7.63. The SMILES string of the molecule is COc1ccc(CN/C=C2\CN=Cc3ccc(Cl)cc32)cc1O. The molecule has 2 aromatic carbocycles. The number of phenols is 1. The fourth-order valence-electron chi connectivity index (χ4n) is 2.51. The van der Waals surface area contributed by atoms with E-state index in [1.807, 2.05) is 36.7 Å².